The van der Waals surface area contributed by atoms with Crippen LogP contribution in [0.5, 0.6) is 0 Å². The minimum atomic E-state index is -0.209. The molecule has 0 unspecified atom stereocenters. The Morgan fingerprint density at radius 1 is 1.09 bits per heavy atom. The van der Waals surface area contributed by atoms with Crippen molar-refractivity contribution in [3.63, 3.8) is 0 Å². The lowest BCUT2D eigenvalue weighted by atomic mass is 10.1. The Labute approximate surface area is 128 Å². The first kappa shape index (κ1) is 14.1. The molecule has 4 heteroatoms. The molecule has 0 saturated heterocycles. The lowest BCUT2D eigenvalue weighted by molar-refractivity contribution is 0.0956. The monoisotopic (exact) mass is 291 g/mol. The average molecular weight is 291 g/mol. The van der Waals surface area contributed by atoms with Crippen LogP contribution in [0.4, 0.5) is 0 Å². The van der Waals surface area contributed by atoms with Crippen LogP contribution in [0.25, 0.3) is 10.9 Å². The van der Waals surface area contributed by atoms with E-state index in [-0.39, 0.29) is 5.91 Å². The van der Waals surface area contributed by atoms with Crippen molar-refractivity contribution in [3.05, 3.63) is 71.9 Å². The fourth-order valence-electron chi connectivity index (χ4n) is 2.42. The molecule has 22 heavy (non-hydrogen) atoms. The fourth-order valence-corrected chi connectivity index (χ4v) is 2.42. The quantitative estimate of drug-likeness (QED) is 0.558. The van der Waals surface area contributed by atoms with Crippen LogP contribution in [0.3, 0.4) is 0 Å². The molecule has 3 rings (SSSR count). The number of nitrogens with one attached hydrogen (secondary N) is 2. The largest absolute Gasteiger partial charge is 0.360 e. The molecule has 2 N–H and O–H groups in total. The van der Waals surface area contributed by atoms with Gasteiger partial charge >= 0.3 is 0 Å². The highest BCUT2D eigenvalue weighted by Gasteiger charge is 2.11. The summed E-state index contributed by atoms with van der Waals surface area (Å²) in [5.41, 5.74) is 6.07. The number of benzene rings is 2. The summed E-state index contributed by atoms with van der Waals surface area (Å²) in [6, 6.07) is 17.6. The zero-order valence-electron chi connectivity index (χ0n) is 12.3. The fraction of sp³-hybridized carbons (Fsp3) is 0.111. The van der Waals surface area contributed by atoms with Crippen molar-refractivity contribution >= 4 is 22.5 Å². The Morgan fingerprint density at radius 2 is 1.82 bits per heavy atom. The van der Waals surface area contributed by atoms with Crippen molar-refractivity contribution in [2.24, 2.45) is 5.10 Å². The van der Waals surface area contributed by atoms with Crippen molar-refractivity contribution in [1.29, 1.82) is 0 Å². The highest BCUT2D eigenvalue weighted by Crippen LogP contribution is 2.17. The van der Waals surface area contributed by atoms with Gasteiger partial charge in [0.1, 0.15) is 0 Å². The first-order valence-electron chi connectivity index (χ1n) is 7.28. The number of nitrogens with zero attached hydrogens (tertiary/aromatic N) is 1. The van der Waals surface area contributed by atoms with E-state index in [0.29, 0.717) is 5.56 Å². The third-order valence-electron chi connectivity index (χ3n) is 3.57. The van der Waals surface area contributed by atoms with Crippen LogP contribution >= 0.6 is 0 Å². The molecular weight excluding hydrogens is 274 g/mol. The van der Waals surface area contributed by atoms with E-state index in [1.54, 1.807) is 6.20 Å². The minimum absolute atomic E-state index is 0.209. The highest BCUT2D eigenvalue weighted by molar-refractivity contribution is 6.07. The molecule has 0 spiro atoms. The van der Waals surface area contributed by atoms with Gasteiger partial charge in [0.2, 0.25) is 0 Å². The summed E-state index contributed by atoms with van der Waals surface area (Å²) in [5.74, 6) is -0.209. The SMILES string of the molecule is CC/C(=N\NC(=O)c1c[nH]c2ccccc12)c1ccccc1. The van der Waals surface area contributed by atoms with Crippen LogP contribution in [0, 0.1) is 0 Å². The Kier molecular flexibility index (Phi) is 4.01. The van der Waals surface area contributed by atoms with Gasteiger partial charge in [0.15, 0.2) is 0 Å². The number of H-pyrrole nitrogens is 1. The van der Waals surface area contributed by atoms with Gasteiger partial charge in [-0.15, -0.1) is 0 Å². The van der Waals surface area contributed by atoms with Crippen molar-refractivity contribution in [2.45, 2.75) is 13.3 Å². The Balaban J connectivity index is 1.83. The van der Waals surface area contributed by atoms with Gasteiger partial charge < -0.3 is 4.98 Å². The summed E-state index contributed by atoms with van der Waals surface area (Å²) in [6.07, 6.45) is 2.46. The van der Waals surface area contributed by atoms with Gasteiger partial charge in [0.25, 0.3) is 5.91 Å². The summed E-state index contributed by atoms with van der Waals surface area (Å²) in [4.78, 5) is 15.4. The maximum atomic E-state index is 12.3. The summed E-state index contributed by atoms with van der Waals surface area (Å²) in [5, 5.41) is 5.17. The third kappa shape index (κ3) is 2.76. The molecule has 0 bridgehead atoms. The zero-order valence-corrected chi connectivity index (χ0v) is 12.3. The maximum absolute atomic E-state index is 12.3. The van der Waals surface area contributed by atoms with Crippen molar-refractivity contribution in [3.8, 4) is 0 Å². The van der Waals surface area contributed by atoms with Gasteiger partial charge in [-0.25, -0.2) is 5.43 Å². The van der Waals surface area contributed by atoms with E-state index in [4.69, 9.17) is 0 Å². The number of hydrogen-bond donors (Lipinski definition) is 2. The van der Waals surface area contributed by atoms with E-state index in [0.717, 1.165) is 28.6 Å². The second-order valence-corrected chi connectivity index (χ2v) is 4.97. The molecule has 110 valence electrons. The average Bonchev–Trinajstić information content (AvgIpc) is 3.00. The molecule has 0 radical (unpaired) electrons. The molecule has 3 aromatic rings. The van der Waals surface area contributed by atoms with Gasteiger partial charge in [-0.05, 0) is 18.1 Å². The second kappa shape index (κ2) is 6.26. The molecule has 0 saturated carbocycles. The van der Waals surface area contributed by atoms with Crippen LogP contribution in [-0.4, -0.2) is 16.6 Å². The number of rotatable bonds is 4. The van der Waals surface area contributed by atoms with Gasteiger partial charge in [-0.2, -0.15) is 5.10 Å². The number of para-hydroxylation sites is 1. The highest BCUT2D eigenvalue weighted by atomic mass is 16.2. The van der Waals surface area contributed by atoms with Crippen molar-refractivity contribution in [2.75, 3.05) is 0 Å². The molecule has 0 atom stereocenters. The molecule has 4 nitrogen and oxygen atoms in total. The standard InChI is InChI=1S/C18H17N3O/c1-2-16(13-8-4-3-5-9-13)20-21-18(22)15-12-19-17-11-7-6-10-14(15)17/h3-12,19H,2H2,1H3,(H,21,22)/b20-16+. The summed E-state index contributed by atoms with van der Waals surface area (Å²) >= 11 is 0. The second-order valence-electron chi connectivity index (χ2n) is 4.97. The predicted molar refractivity (Wildman–Crippen MR) is 89.0 cm³/mol. The molecule has 1 amide bonds. The molecule has 0 fully saturated rings. The number of aromatic nitrogens is 1. The Morgan fingerprint density at radius 3 is 2.59 bits per heavy atom. The van der Waals surface area contributed by atoms with Crippen molar-refractivity contribution < 1.29 is 4.79 Å². The van der Waals surface area contributed by atoms with Crippen LogP contribution in [0.15, 0.2) is 65.9 Å². The van der Waals surface area contributed by atoms with E-state index >= 15 is 0 Å². The molecule has 1 aromatic heterocycles. The number of fused-ring (bicyclic) bond motifs is 1. The van der Waals surface area contributed by atoms with Crippen LogP contribution in [0.2, 0.25) is 0 Å². The predicted octanol–water partition coefficient (Wildman–Crippen LogP) is 3.71. The minimum Gasteiger partial charge on any atom is -0.360 e. The zero-order chi connectivity index (χ0) is 15.4. The number of hydrazone groups is 1. The van der Waals surface area contributed by atoms with Gasteiger partial charge in [-0.3, -0.25) is 4.79 Å². The van der Waals surface area contributed by atoms with Crippen LogP contribution in [0.1, 0.15) is 29.3 Å². The van der Waals surface area contributed by atoms with E-state index in [2.05, 4.69) is 15.5 Å². The number of hydrogen-bond acceptors (Lipinski definition) is 2. The normalized spacial score (nSPS) is 11.6. The van der Waals surface area contributed by atoms with Gasteiger partial charge in [0, 0.05) is 17.1 Å². The third-order valence-corrected chi connectivity index (χ3v) is 3.57. The summed E-state index contributed by atoms with van der Waals surface area (Å²) < 4.78 is 0. The maximum Gasteiger partial charge on any atom is 0.273 e. The molecule has 2 aromatic carbocycles. The molecule has 0 aliphatic heterocycles. The lowest BCUT2D eigenvalue weighted by Gasteiger charge is -2.04. The number of aromatic amines is 1. The van der Waals surface area contributed by atoms with Gasteiger partial charge in [-0.1, -0.05) is 55.5 Å². The number of amides is 1. The molecule has 1 heterocycles. The molecular formula is C18H17N3O. The first-order chi connectivity index (χ1) is 10.8. The van der Waals surface area contributed by atoms with Crippen LogP contribution in [-0.2, 0) is 0 Å². The van der Waals surface area contributed by atoms with Crippen molar-refractivity contribution in [1.82, 2.24) is 10.4 Å². The first-order valence-corrected chi connectivity index (χ1v) is 7.28. The van der Waals surface area contributed by atoms with E-state index in [1.807, 2.05) is 61.5 Å². The van der Waals surface area contributed by atoms with Crippen LogP contribution < -0.4 is 5.43 Å². The van der Waals surface area contributed by atoms with E-state index in [1.165, 1.54) is 0 Å². The van der Waals surface area contributed by atoms with Gasteiger partial charge in [0.05, 0.1) is 11.3 Å². The Bertz CT molecular complexity index is 818. The van der Waals surface area contributed by atoms with E-state index < -0.39 is 0 Å². The summed E-state index contributed by atoms with van der Waals surface area (Å²) in [7, 11) is 0. The molecule has 0 aliphatic carbocycles. The lowest BCUT2D eigenvalue weighted by Crippen LogP contribution is -2.19. The topological polar surface area (TPSA) is 57.2 Å². The smallest absolute Gasteiger partial charge is 0.273 e. The summed E-state index contributed by atoms with van der Waals surface area (Å²) in [6.45, 7) is 2.02. The van der Waals surface area contributed by atoms with E-state index in [9.17, 15) is 4.79 Å². The Hall–Kier alpha value is -2.88. The molecule has 0 aliphatic rings. The number of carbonyl (C=O) groups is 1. The number of carbonyl (C=O) groups excluding carboxylic acids is 1.